The fourth-order valence-electron chi connectivity index (χ4n) is 2.13. The smallest absolute Gasteiger partial charge is 0.389 e. The second kappa shape index (κ2) is 7.02. The van der Waals surface area contributed by atoms with Crippen molar-refractivity contribution in [3.05, 3.63) is 40.3 Å². The van der Waals surface area contributed by atoms with Gasteiger partial charge in [-0.25, -0.2) is 9.78 Å². The Labute approximate surface area is 135 Å². The normalized spacial score (nSPS) is 13.0. The number of rotatable bonds is 6. The Morgan fingerprint density at radius 3 is 2.71 bits per heavy atom. The lowest BCUT2D eigenvalue weighted by Crippen LogP contribution is -2.39. The maximum atomic E-state index is 14.3. The molecular formula is C15H16F2N2O5. The van der Waals surface area contributed by atoms with Crippen LogP contribution in [0.5, 0.6) is 0 Å². The lowest BCUT2D eigenvalue weighted by atomic mass is 10.2. The highest BCUT2D eigenvalue weighted by Crippen LogP contribution is 2.27. The number of carbonyl (C=O) groups is 1. The number of nitrogens with zero attached hydrogens (tertiary/aromatic N) is 2. The third-order valence-electron chi connectivity index (χ3n) is 3.29. The Bertz CT molecular complexity index is 806. The summed E-state index contributed by atoms with van der Waals surface area (Å²) in [6, 6.07) is 6.03. The molecule has 24 heavy (non-hydrogen) atoms. The number of ether oxygens (including phenoxy) is 2. The molecule has 2 aromatic rings. The van der Waals surface area contributed by atoms with Crippen LogP contribution in [0.15, 0.2) is 29.1 Å². The summed E-state index contributed by atoms with van der Waals surface area (Å²) in [7, 11) is 1.20. The molecule has 7 nitrogen and oxygen atoms in total. The van der Waals surface area contributed by atoms with Crippen LogP contribution < -0.4 is 5.56 Å². The summed E-state index contributed by atoms with van der Waals surface area (Å²) in [6.45, 7) is 0.706. The van der Waals surface area contributed by atoms with Crippen LogP contribution in [0.1, 0.15) is 12.6 Å². The van der Waals surface area contributed by atoms with E-state index in [0.29, 0.717) is 0 Å². The van der Waals surface area contributed by atoms with E-state index in [9.17, 15) is 23.5 Å². The first-order chi connectivity index (χ1) is 11.3. The molecule has 1 unspecified atom stereocenters. The van der Waals surface area contributed by atoms with E-state index in [1.807, 2.05) is 0 Å². The van der Waals surface area contributed by atoms with Gasteiger partial charge in [0.15, 0.2) is 12.0 Å². The van der Waals surface area contributed by atoms with Gasteiger partial charge in [-0.3, -0.25) is 9.36 Å². The highest BCUT2D eigenvalue weighted by Gasteiger charge is 2.47. The maximum Gasteiger partial charge on any atom is 0.389 e. The maximum absolute atomic E-state index is 14.3. The van der Waals surface area contributed by atoms with Crippen molar-refractivity contribution in [3.8, 4) is 0 Å². The number of benzene rings is 1. The molecule has 1 atom stereocenters. The van der Waals surface area contributed by atoms with Crippen LogP contribution in [0.3, 0.4) is 0 Å². The van der Waals surface area contributed by atoms with Crippen molar-refractivity contribution in [1.82, 2.24) is 9.55 Å². The molecule has 0 aliphatic heterocycles. The van der Waals surface area contributed by atoms with E-state index >= 15 is 0 Å². The molecule has 1 N–H and O–H groups in total. The van der Waals surface area contributed by atoms with Gasteiger partial charge in [-0.15, -0.1) is 0 Å². The van der Waals surface area contributed by atoms with E-state index in [-0.39, 0.29) is 17.6 Å². The lowest BCUT2D eigenvalue weighted by molar-refractivity contribution is -0.173. The average molecular weight is 342 g/mol. The minimum atomic E-state index is -4.21. The van der Waals surface area contributed by atoms with Crippen LogP contribution in [-0.2, 0) is 26.7 Å². The minimum absolute atomic E-state index is 0.0689. The predicted octanol–water partition coefficient (Wildman–Crippen LogP) is 1.02. The van der Waals surface area contributed by atoms with Crippen molar-refractivity contribution in [3.63, 3.8) is 0 Å². The molecule has 0 bridgehead atoms. The Morgan fingerprint density at radius 2 is 2.08 bits per heavy atom. The number of hydrogen-bond donors (Lipinski definition) is 1. The topological polar surface area (TPSA) is 90.7 Å². The van der Waals surface area contributed by atoms with Gasteiger partial charge in [-0.05, 0) is 19.1 Å². The second-order valence-electron chi connectivity index (χ2n) is 4.85. The van der Waals surface area contributed by atoms with Gasteiger partial charge in [0.25, 0.3) is 5.56 Å². The van der Waals surface area contributed by atoms with E-state index in [0.717, 1.165) is 4.57 Å². The Hall–Kier alpha value is -2.39. The van der Waals surface area contributed by atoms with E-state index in [1.165, 1.54) is 26.2 Å². The molecule has 1 heterocycles. The van der Waals surface area contributed by atoms with E-state index in [1.54, 1.807) is 12.1 Å². The number of fused-ring (bicyclic) bond motifs is 1. The Kier molecular flexibility index (Phi) is 5.25. The molecule has 1 aromatic carbocycles. The van der Waals surface area contributed by atoms with Crippen molar-refractivity contribution in [2.45, 2.75) is 25.7 Å². The molecule has 0 amide bonds. The van der Waals surface area contributed by atoms with Crippen LogP contribution in [-0.4, -0.2) is 40.6 Å². The number of para-hydroxylation sites is 2. The van der Waals surface area contributed by atoms with E-state index < -0.39 is 36.0 Å². The number of methoxy groups -OCH3 is 1. The largest absolute Gasteiger partial charge is 0.461 e. The van der Waals surface area contributed by atoms with Gasteiger partial charge >= 0.3 is 11.9 Å². The van der Waals surface area contributed by atoms with Crippen LogP contribution >= 0.6 is 0 Å². The first kappa shape index (κ1) is 18.0. The summed E-state index contributed by atoms with van der Waals surface area (Å²) in [5.74, 6) is -6.07. The van der Waals surface area contributed by atoms with Crippen molar-refractivity contribution < 1.29 is 28.2 Å². The van der Waals surface area contributed by atoms with Crippen molar-refractivity contribution >= 4 is 17.0 Å². The number of alkyl halides is 2. The zero-order valence-corrected chi connectivity index (χ0v) is 13.0. The second-order valence-corrected chi connectivity index (χ2v) is 4.85. The van der Waals surface area contributed by atoms with Crippen LogP contribution in [0.4, 0.5) is 8.78 Å². The Morgan fingerprint density at radius 1 is 1.42 bits per heavy atom. The summed E-state index contributed by atoms with van der Waals surface area (Å²) >= 11 is 0. The van der Waals surface area contributed by atoms with Gasteiger partial charge in [0.05, 0.1) is 24.2 Å². The fourth-order valence-corrected chi connectivity index (χ4v) is 2.13. The summed E-state index contributed by atoms with van der Waals surface area (Å²) in [5.41, 5.74) is -2.17. The molecular weight excluding hydrogens is 326 g/mol. The number of aromatic nitrogens is 2. The third kappa shape index (κ3) is 3.26. The predicted molar refractivity (Wildman–Crippen MR) is 79.5 cm³/mol. The van der Waals surface area contributed by atoms with Gasteiger partial charge in [0, 0.05) is 7.11 Å². The highest BCUT2D eigenvalue weighted by atomic mass is 19.3. The molecule has 0 radical (unpaired) electrons. The number of aliphatic hydroxyl groups is 1. The number of carbonyl (C=O) groups excluding carboxylic acids is 1. The molecule has 2 rings (SSSR count). The molecule has 1 aromatic heterocycles. The van der Waals surface area contributed by atoms with Gasteiger partial charge < -0.3 is 14.6 Å². The highest BCUT2D eigenvalue weighted by molar-refractivity contribution is 5.80. The standard InChI is InChI=1S/C15H16F2N2O5/c1-3-24-14(22)15(16,17)12-13(21)19(8-11(20)23-2)10-7-5-4-6-9(10)18-12/h4-7,11,20H,3,8H2,1-2H3. The van der Waals surface area contributed by atoms with Crippen LogP contribution in [0.25, 0.3) is 11.0 Å². The number of aliphatic hydroxyl groups excluding tert-OH is 1. The number of esters is 1. The quantitative estimate of drug-likeness (QED) is 0.622. The van der Waals surface area contributed by atoms with Crippen LogP contribution in [0.2, 0.25) is 0 Å². The monoisotopic (exact) mass is 342 g/mol. The summed E-state index contributed by atoms with van der Waals surface area (Å²) < 4.78 is 38.4. The molecule has 0 saturated carbocycles. The number of halogens is 2. The average Bonchev–Trinajstić information content (AvgIpc) is 2.56. The van der Waals surface area contributed by atoms with E-state index in [4.69, 9.17) is 0 Å². The Balaban J connectivity index is 2.70. The van der Waals surface area contributed by atoms with E-state index in [2.05, 4.69) is 14.5 Å². The number of hydrogen-bond acceptors (Lipinski definition) is 6. The van der Waals surface area contributed by atoms with Crippen molar-refractivity contribution in [1.29, 1.82) is 0 Å². The van der Waals surface area contributed by atoms with Gasteiger partial charge in [-0.2, -0.15) is 8.78 Å². The van der Waals surface area contributed by atoms with Crippen molar-refractivity contribution in [2.24, 2.45) is 0 Å². The lowest BCUT2D eigenvalue weighted by Gasteiger charge is -2.18. The summed E-state index contributed by atoms with van der Waals surface area (Å²) in [6.07, 6.45) is -1.39. The molecule has 0 saturated heterocycles. The first-order valence-electron chi connectivity index (χ1n) is 7.08. The summed E-state index contributed by atoms with van der Waals surface area (Å²) in [5, 5.41) is 9.60. The zero-order chi connectivity index (χ0) is 17.9. The van der Waals surface area contributed by atoms with Crippen molar-refractivity contribution in [2.75, 3.05) is 13.7 Å². The first-order valence-corrected chi connectivity index (χ1v) is 7.08. The minimum Gasteiger partial charge on any atom is -0.461 e. The molecule has 0 spiro atoms. The van der Waals surface area contributed by atoms with Crippen LogP contribution in [0, 0.1) is 0 Å². The molecule has 0 aliphatic carbocycles. The molecule has 9 heteroatoms. The van der Waals surface area contributed by atoms with Gasteiger partial charge in [0.2, 0.25) is 0 Å². The SMILES string of the molecule is CCOC(=O)C(F)(F)c1nc2ccccc2n(CC(O)OC)c1=O. The fraction of sp³-hybridized carbons (Fsp3) is 0.400. The van der Waals surface area contributed by atoms with Gasteiger partial charge in [-0.1, -0.05) is 12.1 Å². The molecule has 130 valence electrons. The molecule has 0 aliphatic rings. The zero-order valence-electron chi connectivity index (χ0n) is 13.0. The summed E-state index contributed by atoms with van der Waals surface area (Å²) in [4.78, 5) is 27.6. The van der Waals surface area contributed by atoms with Gasteiger partial charge in [0.1, 0.15) is 0 Å². The third-order valence-corrected chi connectivity index (χ3v) is 3.29. The molecule has 0 fully saturated rings.